The minimum Gasteiger partial charge on any atom is -0.0623 e. The Bertz CT molecular complexity index is 933. The Morgan fingerprint density at radius 2 is 1.12 bits per heavy atom. The third-order valence-corrected chi connectivity index (χ3v) is 5.12. The molecule has 0 aromatic heterocycles. The summed E-state index contributed by atoms with van der Waals surface area (Å²) in [4.78, 5) is 0. The standard InChI is InChI=1S/C26H24/c1-2-3-4-13-26(24-16-14-20-9-5-7-11-22(20)18-24)25-17-15-21-10-6-8-12-23(21)19-25/h2,5-19,26H,3-4H2,1H3. The number of hydrogen-bond donors (Lipinski definition) is 0. The predicted molar refractivity (Wildman–Crippen MR) is 113 cm³/mol. The topological polar surface area (TPSA) is 0 Å². The van der Waals surface area contributed by atoms with E-state index in [1.807, 2.05) is 0 Å². The molecular formula is C26H24. The Labute approximate surface area is 156 Å². The second-order valence-corrected chi connectivity index (χ2v) is 6.91. The molecule has 0 N–H and O–H groups in total. The van der Waals surface area contributed by atoms with Gasteiger partial charge in [-0.1, -0.05) is 98.3 Å². The first kappa shape index (κ1) is 16.8. The molecule has 0 bridgehead atoms. The average molecular weight is 336 g/mol. The fourth-order valence-electron chi connectivity index (χ4n) is 3.70. The summed E-state index contributed by atoms with van der Waals surface area (Å²) in [6, 6.07) is 31.0. The lowest BCUT2D eigenvalue weighted by atomic mass is 9.85. The molecule has 0 atom stereocenters. The summed E-state index contributed by atoms with van der Waals surface area (Å²) >= 11 is 0. The molecule has 128 valence electrons. The van der Waals surface area contributed by atoms with Gasteiger partial charge in [-0.25, -0.2) is 0 Å². The first-order valence-corrected chi connectivity index (χ1v) is 9.44. The van der Waals surface area contributed by atoms with Crippen LogP contribution in [0.1, 0.15) is 36.8 Å². The van der Waals surface area contributed by atoms with Crippen molar-refractivity contribution >= 4 is 21.5 Å². The lowest BCUT2D eigenvalue weighted by molar-refractivity contribution is 0.812. The van der Waals surface area contributed by atoms with Crippen molar-refractivity contribution in [3.8, 4) is 0 Å². The van der Waals surface area contributed by atoms with Gasteiger partial charge >= 0.3 is 0 Å². The van der Waals surface area contributed by atoms with Crippen molar-refractivity contribution < 1.29 is 0 Å². The normalized spacial score (nSPS) is 11.5. The summed E-state index contributed by atoms with van der Waals surface area (Å²) in [7, 11) is 0. The van der Waals surface area contributed by atoms with E-state index in [1.54, 1.807) is 0 Å². The Morgan fingerprint density at radius 3 is 1.62 bits per heavy atom. The number of benzene rings is 4. The molecule has 0 heterocycles. The molecule has 4 rings (SSSR count). The predicted octanol–water partition coefficient (Wildman–Crippen LogP) is 7.33. The highest BCUT2D eigenvalue weighted by Crippen LogP contribution is 2.33. The van der Waals surface area contributed by atoms with Gasteiger partial charge in [-0.05, 0) is 51.9 Å². The molecule has 4 aromatic rings. The van der Waals surface area contributed by atoms with Crippen LogP contribution in [0.25, 0.3) is 21.5 Å². The highest BCUT2D eigenvalue weighted by molar-refractivity contribution is 5.85. The number of rotatable bonds is 6. The fraction of sp³-hybridized carbons (Fsp3) is 0.154. The Hall–Kier alpha value is -2.60. The largest absolute Gasteiger partial charge is 0.0623 e. The third kappa shape index (κ3) is 3.51. The van der Waals surface area contributed by atoms with Crippen molar-refractivity contribution in [3.63, 3.8) is 0 Å². The van der Waals surface area contributed by atoms with Crippen LogP contribution in [-0.2, 0) is 0 Å². The molecule has 0 heteroatoms. The number of hydrogen-bond acceptors (Lipinski definition) is 0. The van der Waals surface area contributed by atoms with Crippen LogP contribution < -0.4 is 0 Å². The minimum absolute atomic E-state index is 0.323. The molecule has 0 spiro atoms. The molecular weight excluding hydrogens is 312 g/mol. The first-order chi connectivity index (χ1) is 12.8. The average Bonchev–Trinajstić information content (AvgIpc) is 2.70. The summed E-state index contributed by atoms with van der Waals surface area (Å²) in [5.41, 5.74) is 2.74. The zero-order chi connectivity index (χ0) is 17.8. The monoisotopic (exact) mass is 336 g/mol. The second-order valence-electron chi connectivity index (χ2n) is 6.91. The van der Waals surface area contributed by atoms with E-state index >= 15 is 0 Å². The van der Waals surface area contributed by atoms with Gasteiger partial charge in [0.2, 0.25) is 0 Å². The number of fused-ring (bicyclic) bond motifs is 2. The van der Waals surface area contributed by atoms with Gasteiger partial charge in [-0.3, -0.25) is 0 Å². The molecule has 4 aromatic carbocycles. The minimum atomic E-state index is 0.323. The van der Waals surface area contributed by atoms with Crippen LogP contribution in [0.2, 0.25) is 0 Å². The van der Waals surface area contributed by atoms with Gasteiger partial charge in [0.1, 0.15) is 0 Å². The van der Waals surface area contributed by atoms with Crippen LogP contribution >= 0.6 is 0 Å². The molecule has 0 aliphatic rings. The van der Waals surface area contributed by atoms with Crippen LogP contribution in [0.15, 0.2) is 84.9 Å². The highest BCUT2D eigenvalue weighted by Gasteiger charge is 2.15. The molecule has 0 nitrogen and oxygen atoms in total. The smallest absolute Gasteiger partial charge is 0.0121 e. The van der Waals surface area contributed by atoms with Gasteiger partial charge in [-0.2, -0.15) is 0 Å². The molecule has 0 fully saturated rings. The molecule has 2 radical (unpaired) electrons. The summed E-state index contributed by atoms with van der Waals surface area (Å²) in [5.74, 6) is 0.323. The lowest BCUT2D eigenvalue weighted by Crippen LogP contribution is -2.02. The van der Waals surface area contributed by atoms with Crippen LogP contribution in [0.4, 0.5) is 0 Å². The maximum atomic E-state index is 2.47. The van der Waals surface area contributed by atoms with Crippen molar-refractivity contribution in [3.05, 3.63) is 109 Å². The SMILES string of the molecule is C[CH]CC[CH]C(c1ccc2ccccc2c1)c1ccc2ccccc2c1. The highest BCUT2D eigenvalue weighted by atomic mass is 14.2. The molecule has 0 saturated heterocycles. The Morgan fingerprint density at radius 1 is 0.615 bits per heavy atom. The molecule has 0 aliphatic carbocycles. The van der Waals surface area contributed by atoms with Gasteiger partial charge in [0.05, 0.1) is 0 Å². The van der Waals surface area contributed by atoms with E-state index in [1.165, 1.54) is 32.7 Å². The maximum absolute atomic E-state index is 2.47. The lowest BCUT2D eigenvalue weighted by Gasteiger charge is -2.19. The van der Waals surface area contributed by atoms with Crippen LogP contribution in [-0.4, -0.2) is 0 Å². The Balaban J connectivity index is 1.76. The van der Waals surface area contributed by atoms with Crippen molar-refractivity contribution in [1.29, 1.82) is 0 Å². The van der Waals surface area contributed by atoms with E-state index in [9.17, 15) is 0 Å². The molecule has 0 amide bonds. The van der Waals surface area contributed by atoms with Gasteiger partial charge in [0.15, 0.2) is 0 Å². The fourth-order valence-corrected chi connectivity index (χ4v) is 3.70. The van der Waals surface area contributed by atoms with Crippen molar-refractivity contribution in [2.45, 2.75) is 25.7 Å². The molecule has 26 heavy (non-hydrogen) atoms. The van der Waals surface area contributed by atoms with E-state index in [-0.39, 0.29) is 0 Å². The first-order valence-electron chi connectivity index (χ1n) is 9.44. The van der Waals surface area contributed by atoms with E-state index in [4.69, 9.17) is 0 Å². The quantitative estimate of drug-likeness (QED) is 0.323. The molecule has 0 aliphatic heterocycles. The van der Waals surface area contributed by atoms with E-state index < -0.39 is 0 Å². The second kappa shape index (κ2) is 7.74. The summed E-state index contributed by atoms with van der Waals surface area (Å²) < 4.78 is 0. The van der Waals surface area contributed by atoms with Crippen molar-refractivity contribution in [2.75, 3.05) is 0 Å². The summed E-state index contributed by atoms with van der Waals surface area (Å²) in [5, 5.41) is 5.23. The van der Waals surface area contributed by atoms with Crippen LogP contribution in [0.3, 0.4) is 0 Å². The van der Waals surface area contributed by atoms with Crippen LogP contribution in [0.5, 0.6) is 0 Å². The zero-order valence-corrected chi connectivity index (χ0v) is 15.2. The molecule has 0 unspecified atom stereocenters. The van der Waals surface area contributed by atoms with Gasteiger partial charge in [0, 0.05) is 5.92 Å². The van der Waals surface area contributed by atoms with Crippen LogP contribution in [0, 0.1) is 12.8 Å². The third-order valence-electron chi connectivity index (χ3n) is 5.12. The van der Waals surface area contributed by atoms with Crippen molar-refractivity contribution in [1.82, 2.24) is 0 Å². The van der Waals surface area contributed by atoms with E-state index in [0.29, 0.717) is 5.92 Å². The summed E-state index contributed by atoms with van der Waals surface area (Å²) in [6.45, 7) is 2.13. The van der Waals surface area contributed by atoms with Gasteiger partial charge in [-0.15, -0.1) is 0 Å². The van der Waals surface area contributed by atoms with E-state index in [2.05, 4.69) is 105 Å². The van der Waals surface area contributed by atoms with E-state index in [0.717, 1.165) is 12.8 Å². The van der Waals surface area contributed by atoms with Crippen molar-refractivity contribution in [2.24, 2.45) is 0 Å². The number of unbranched alkanes of at least 4 members (excludes halogenated alkanes) is 2. The maximum Gasteiger partial charge on any atom is 0.0121 e. The van der Waals surface area contributed by atoms with Gasteiger partial charge in [0.25, 0.3) is 0 Å². The molecule has 0 saturated carbocycles. The summed E-state index contributed by atoms with van der Waals surface area (Å²) in [6.07, 6.45) is 6.93. The Kier molecular flexibility index (Phi) is 5.02. The zero-order valence-electron chi connectivity index (χ0n) is 15.2. The van der Waals surface area contributed by atoms with Gasteiger partial charge < -0.3 is 0 Å².